The average molecular weight is 145 g/mol. The summed E-state index contributed by atoms with van der Waals surface area (Å²) < 4.78 is 1.87. The number of nitrogens with one attached hydrogen (secondary N) is 1. The van der Waals surface area contributed by atoms with Crippen molar-refractivity contribution < 1.29 is 0 Å². The van der Waals surface area contributed by atoms with E-state index in [1.807, 2.05) is 29.9 Å². The molecule has 0 saturated carbocycles. The summed E-state index contributed by atoms with van der Waals surface area (Å²) in [6.45, 7) is 0. The molecule has 0 fully saturated rings. The molecular weight excluding hydrogens is 136 g/mol. The first-order chi connectivity index (χ1) is 5.42. The molecule has 2 rings (SSSR count). The van der Waals surface area contributed by atoms with Crippen molar-refractivity contribution in [2.75, 3.05) is 12.5 Å². The summed E-state index contributed by atoms with van der Waals surface area (Å²) in [4.78, 5) is 0. The number of fused-ring (bicyclic) bond motifs is 1. The first-order valence-corrected chi connectivity index (χ1v) is 3.58. The third-order valence-corrected chi connectivity index (χ3v) is 1.75. The molecule has 0 amide bonds. The van der Waals surface area contributed by atoms with Gasteiger partial charge in [-0.1, -0.05) is 18.2 Å². The van der Waals surface area contributed by atoms with Crippen LogP contribution in [-0.2, 0) is 0 Å². The van der Waals surface area contributed by atoms with Crippen LogP contribution >= 0.6 is 0 Å². The minimum atomic E-state index is 1.16. The van der Waals surface area contributed by atoms with E-state index >= 15 is 0 Å². The van der Waals surface area contributed by atoms with Gasteiger partial charge in [-0.2, -0.15) is 0 Å². The lowest BCUT2D eigenvalue weighted by Crippen LogP contribution is -2.06. The highest BCUT2D eigenvalue weighted by atomic mass is 15.4. The van der Waals surface area contributed by atoms with Gasteiger partial charge in [0, 0.05) is 12.4 Å². The molecule has 1 heterocycles. The lowest BCUT2D eigenvalue weighted by atomic mass is 10.3. The zero-order valence-electron chi connectivity index (χ0n) is 6.33. The molecule has 2 aromatic rings. The monoisotopic (exact) mass is 145 g/mol. The molecule has 0 saturated heterocycles. The van der Waals surface area contributed by atoms with Gasteiger partial charge in [0.2, 0.25) is 0 Å². The normalized spacial score (nSPS) is 10.3. The molecule has 1 N–H and O–H groups in total. The Morgan fingerprint density at radius 2 is 2.18 bits per heavy atom. The van der Waals surface area contributed by atoms with Gasteiger partial charge >= 0.3 is 0 Å². The maximum absolute atomic E-state index is 3.07. The van der Waals surface area contributed by atoms with Gasteiger partial charge < -0.3 is 5.43 Å². The summed E-state index contributed by atoms with van der Waals surface area (Å²) >= 11 is 0. The number of para-hydroxylation sites is 1. The Labute approximate surface area is 65.4 Å². The Morgan fingerprint density at radius 1 is 1.36 bits per heavy atom. The topological polar surface area (TPSA) is 17.0 Å². The molecule has 0 aliphatic rings. The van der Waals surface area contributed by atoms with Gasteiger partial charge in [-0.05, 0) is 12.1 Å². The number of nitrogens with zero attached hydrogens (tertiary/aromatic N) is 1. The minimum Gasteiger partial charge on any atom is -0.328 e. The Hall–Kier alpha value is -1.44. The van der Waals surface area contributed by atoms with E-state index in [1.165, 1.54) is 5.39 Å². The van der Waals surface area contributed by atoms with E-state index in [2.05, 4.69) is 23.8 Å². The smallest absolute Gasteiger partial charge is 0.0889 e. The molecular formula is C9H9N2. The summed E-state index contributed by atoms with van der Waals surface area (Å²) in [6, 6.07) is 10.1. The SMILES string of the molecule is CNn1[c]cc2ccccc21. The third kappa shape index (κ3) is 0.871. The number of hydrogen-bond donors (Lipinski definition) is 1. The highest BCUT2D eigenvalue weighted by molar-refractivity contribution is 5.79. The van der Waals surface area contributed by atoms with E-state index in [0.29, 0.717) is 0 Å². The Balaban J connectivity index is 2.76. The van der Waals surface area contributed by atoms with Crippen molar-refractivity contribution in [2.45, 2.75) is 0 Å². The molecule has 1 aromatic heterocycles. The molecule has 0 bridgehead atoms. The number of hydrogen-bond acceptors (Lipinski definition) is 1. The molecule has 2 heteroatoms. The van der Waals surface area contributed by atoms with Gasteiger partial charge in [0.1, 0.15) is 0 Å². The van der Waals surface area contributed by atoms with Gasteiger partial charge in [-0.3, -0.25) is 4.68 Å². The van der Waals surface area contributed by atoms with Crippen molar-refractivity contribution in [3.05, 3.63) is 36.5 Å². The van der Waals surface area contributed by atoms with Crippen LogP contribution in [0.15, 0.2) is 30.3 Å². The van der Waals surface area contributed by atoms with Crippen molar-refractivity contribution in [1.82, 2.24) is 4.68 Å². The van der Waals surface area contributed by atoms with E-state index in [-0.39, 0.29) is 0 Å². The summed E-state index contributed by atoms with van der Waals surface area (Å²) in [7, 11) is 1.88. The Morgan fingerprint density at radius 3 is 3.00 bits per heavy atom. The molecule has 0 unspecified atom stereocenters. The number of benzene rings is 1. The second kappa shape index (κ2) is 2.31. The van der Waals surface area contributed by atoms with Gasteiger partial charge in [0.25, 0.3) is 0 Å². The maximum atomic E-state index is 3.07. The molecule has 11 heavy (non-hydrogen) atoms. The van der Waals surface area contributed by atoms with Gasteiger partial charge in [-0.15, -0.1) is 0 Å². The lowest BCUT2D eigenvalue weighted by Gasteiger charge is -2.00. The quantitative estimate of drug-likeness (QED) is 0.645. The molecule has 1 radical (unpaired) electrons. The van der Waals surface area contributed by atoms with Gasteiger partial charge in [0.15, 0.2) is 0 Å². The van der Waals surface area contributed by atoms with Crippen LogP contribution in [0.4, 0.5) is 0 Å². The predicted octanol–water partition coefficient (Wildman–Crippen LogP) is 1.61. The number of rotatable bonds is 1. The van der Waals surface area contributed by atoms with Gasteiger partial charge in [0.05, 0.1) is 11.7 Å². The lowest BCUT2D eigenvalue weighted by molar-refractivity contribution is 0.968. The summed E-state index contributed by atoms with van der Waals surface area (Å²) in [5, 5.41) is 1.21. The van der Waals surface area contributed by atoms with Crippen molar-refractivity contribution >= 4 is 10.9 Å². The van der Waals surface area contributed by atoms with Crippen molar-refractivity contribution in [1.29, 1.82) is 0 Å². The van der Waals surface area contributed by atoms with E-state index in [0.717, 1.165) is 5.52 Å². The van der Waals surface area contributed by atoms with Crippen LogP contribution in [0.2, 0.25) is 0 Å². The van der Waals surface area contributed by atoms with Crippen LogP contribution in [0.25, 0.3) is 10.9 Å². The van der Waals surface area contributed by atoms with Crippen LogP contribution in [0, 0.1) is 6.20 Å². The highest BCUT2D eigenvalue weighted by Crippen LogP contribution is 2.12. The van der Waals surface area contributed by atoms with Crippen LogP contribution in [-0.4, -0.2) is 11.7 Å². The van der Waals surface area contributed by atoms with Crippen LogP contribution in [0.5, 0.6) is 0 Å². The summed E-state index contributed by atoms with van der Waals surface area (Å²) in [6.07, 6.45) is 3.07. The van der Waals surface area contributed by atoms with Crippen LogP contribution in [0.3, 0.4) is 0 Å². The fourth-order valence-corrected chi connectivity index (χ4v) is 1.20. The minimum absolute atomic E-state index is 1.16. The predicted molar refractivity (Wildman–Crippen MR) is 46.1 cm³/mol. The molecule has 0 spiro atoms. The average Bonchev–Trinajstić information content (AvgIpc) is 2.47. The van der Waals surface area contributed by atoms with Gasteiger partial charge in [-0.25, -0.2) is 0 Å². The fourth-order valence-electron chi connectivity index (χ4n) is 1.20. The molecule has 0 aliphatic carbocycles. The van der Waals surface area contributed by atoms with E-state index in [1.54, 1.807) is 0 Å². The zero-order valence-corrected chi connectivity index (χ0v) is 6.33. The van der Waals surface area contributed by atoms with E-state index < -0.39 is 0 Å². The number of aromatic nitrogens is 1. The van der Waals surface area contributed by atoms with Crippen molar-refractivity contribution in [3.63, 3.8) is 0 Å². The van der Waals surface area contributed by atoms with E-state index in [4.69, 9.17) is 0 Å². The van der Waals surface area contributed by atoms with Crippen LogP contribution < -0.4 is 5.43 Å². The second-order valence-electron chi connectivity index (χ2n) is 2.39. The van der Waals surface area contributed by atoms with Crippen molar-refractivity contribution in [2.24, 2.45) is 0 Å². The molecule has 55 valence electrons. The first kappa shape index (κ1) is 6.28. The highest BCUT2D eigenvalue weighted by Gasteiger charge is 1.95. The molecule has 0 atom stereocenters. The third-order valence-electron chi connectivity index (χ3n) is 1.75. The second-order valence-corrected chi connectivity index (χ2v) is 2.39. The fraction of sp³-hybridized carbons (Fsp3) is 0.111. The van der Waals surface area contributed by atoms with Crippen molar-refractivity contribution in [3.8, 4) is 0 Å². The standard InChI is InChI=1S/C9H9N2/c1-10-11-7-6-8-4-2-3-5-9(8)11/h2-6,10H,1H3. The maximum Gasteiger partial charge on any atom is 0.0889 e. The van der Waals surface area contributed by atoms with E-state index in [9.17, 15) is 0 Å². The molecule has 1 aromatic carbocycles. The summed E-state index contributed by atoms with van der Waals surface area (Å²) in [5.74, 6) is 0. The van der Waals surface area contributed by atoms with Crippen LogP contribution in [0.1, 0.15) is 0 Å². The first-order valence-electron chi connectivity index (χ1n) is 3.58. The largest absolute Gasteiger partial charge is 0.328 e. The summed E-state index contributed by atoms with van der Waals surface area (Å²) in [5.41, 5.74) is 4.17. The zero-order chi connectivity index (χ0) is 7.68. The Kier molecular flexibility index (Phi) is 1.32. The molecule has 2 nitrogen and oxygen atoms in total. The molecule has 0 aliphatic heterocycles. The Bertz CT molecular complexity index is 362.